The van der Waals surface area contributed by atoms with E-state index in [0.29, 0.717) is 25.7 Å². The molecule has 148 valence electrons. The zero-order valence-corrected chi connectivity index (χ0v) is 17.2. The molecule has 6 nitrogen and oxygen atoms in total. The summed E-state index contributed by atoms with van der Waals surface area (Å²) < 4.78 is 16.4. The Morgan fingerprint density at radius 1 is 1.24 bits per heavy atom. The van der Waals surface area contributed by atoms with E-state index in [2.05, 4.69) is 19.2 Å². The Morgan fingerprint density at radius 2 is 1.92 bits per heavy atom. The third kappa shape index (κ3) is 7.50. The monoisotopic (exact) mass is 358 g/mol. The lowest BCUT2D eigenvalue weighted by molar-refractivity contribution is -0.0176. The molecule has 1 aliphatic heterocycles. The van der Waals surface area contributed by atoms with Crippen LogP contribution in [0.4, 0.5) is 4.79 Å². The second-order valence-corrected chi connectivity index (χ2v) is 8.63. The van der Waals surface area contributed by atoms with E-state index in [1.54, 1.807) is 14.2 Å². The van der Waals surface area contributed by atoms with Crippen molar-refractivity contribution in [3.05, 3.63) is 0 Å². The first-order chi connectivity index (χ1) is 11.6. The third-order valence-corrected chi connectivity index (χ3v) is 4.65. The van der Waals surface area contributed by atoms with Crippen LogP contribution in [0.2, 0.25) is 0 Å². The van der Waals surface area contributed by atoms with Gasteiger partial charge in [0.05, 0.1) is 13.2 Å². The molecule has 1 heterocycles. The van der Waals surface area contributed by atoms with Gasteiger partial charge in [0.2, 0.25) is 0 Å². The molecule has 0 aliphatic carbocycles. The predicted octanol–water partition coefficient (Wildman–Crippen LogP) is 2.91. The van der Waals surface area contributed by atoms with Gasteiger partial charge < -0.3 is 24.4 Å². The van der Waals surface area contributed by atoms with Crippen molar-refractivity contribution in [2.24, 2.45) is 11.3 Å². The zero-order chi connectivity index (χ0) is 19.1. The van der Waals surface area contributed by atoms with Gasteiger partial charge in [-0.15, -0.1) is 0 Å². The summed E-state index contributed by atoms with van der Waals surface area (Å²) in [6, 6.07) is 0.288. The number of hydrogen-bond acceptors (Lipinski definition) is 5. The summed E-state index contributed by atoms with van der Waals surface area (Å²) in [5.41, 5.74) is -0.567. The van der Waals surface area contributed by atoms with Crippen molar-refractivity contribution in [1.82, 2.24) is 10.2 Å². The van der Waals surface area contributed by atoms with E-state index in [1.807, 2.05) is 25.7 Å². The largest absolute Gasteiger partial charge is 0.444 e. The van der Waals surface area contributed by atoms with Crippen molar-refractivity contribution in [3.63, 3.8) is 0 Å². The van der Waals surface area contributed by atoms with Crippen molar-refractivity contribution in [1.29, 1.82) is 0 Å². The van der Waals surface area contributed by atoms with Crippen LogP contribution in [0.25, 0.3) is 0 Å². The number of nitrogens with zero attached hydrogens (tertiary/aromatic N) is 1. The first-order valence-electron chi connectivity index (χ1n) is 9.32. The molecule has 0 bridgehead atoms. The number of nitrogens with one attached hydrogen (secondary N) is 1. The fourth-order valence-corrected chi connectivity index (χ4v) is 3.32. The summed E-state index contributed by atoms with van der Waals surface area (Å²) in [4.78, 5) is 14.3. The highest BCUT2D eigenvalue weighted by atomic mass is 16.6. The first kappa shape index (κ1) is 22.2. The number of amides is 1. The molecule has 1 saturated heterocycles. The van der Waals surface area contributed by atoms with Crippen molar-refractivity contribution in [2.45, 2.75) is 59.1 Å². The Kier molecular flexibility index (Phi) is 8.64. The second-order valence-electron chi connectivity index (χ2n) is 8.63. The molecule has 6 heteroatoms. The molecule has 0 radical (unpaired) electrons. The topological polar surface area (TPSA) is 60.0 Å². The minimum atomic E-state index is -0.474. The Labute approximate surface area is 153 Å². The number of ether oxygens (including phenoxy) is 3. The van der Waals surface area contributed by atoms with E-state index in [1.165, 1.54) is 0 Å². The second kappa shape index (κ2) is 9.74. The fourth-order valence-electron chi connectivity index (χ4n) is 3.32. The molecule has 2 unspecified atom stereocenters. The summed E-state index contributed by atoms with van der Waals surface area (Å²) in [6.07, 6.45) is 1.76. The van der Waals surface area contributed by atoms with Crippen LogP contribution in [0.15, 0.2) is 0 Å². The smallest absolute Gasteiger partial charge is 0.410 e. The molecule has 0 aromatic heterocycles. The molecule has 0 aromatic rings. The number of carbonyl (C=O) groups excluding carboxylic acids is 1. The number of hydrogen-bond donors (Lipinski definition) is 1. The normalized spacial score (nSPS) is 23.0. The summed E-state index contributed by atoms with van der Waals surface area (Å²) in [5, 5.41) is 3.64. The van der Waals surface area contributed by atoms with Crippen molar-refractivity contribution in [2.75, 3.05) is 47.1 Å². The number of piperidine rings is 1. The molecule has 0 aromatic carbocycles. The summed E-state index contributed by atoms with van der Waals surface area (Å²) in [5.74, 6) is 0.477. The van der Waals surface area contributed by atoms with Gasteiger partial charge in [-0.25, -0.2) is 4.79 Å². The van der Waals surface area contributed by atoms with Gasteiger partial charge in [0.1, 0.15) is 5.60 Å². The maximum Gasteiger partial charge on any atom is 0.410 e. The van der Waals surface area contributed by atoms with Crippen LogP contribution >= 0.6 is 0 Å². The lowest BCUT2D eigenvalue weighted by Crippen LogP contribution is -2.55. The number of carbonyl (C=O) groups is 1. The third-order valence-electron chi connectivity index (χ3n) is 4.65. The Hall–Kier alpha value is -0.850. The van der Waals surface area contributed by atoms with Crippen LogP contribution in [0.1, 0.15) is 47.5 Å². The highest BCUT2D eigenvalue weighted by Crippen LogP contribution is 2.31. The Morgan fingerprint density at radius 3 is 2.44 bits per heavy atom. The minimum Gasteiger partial charge on any atom is -0.444 e. The zero-order valence-electron chi connectivity index (χ0n) is 17.2. The van der Waals surface area contributed by atoms with E-state index in [9.17, 15) is 4.79 Å². The highest BCUT2D eigenvalue weighted by molar-refractivity contribution is 5.68. The average molecular weight is 359 g/mol. The number of methoxy groups -OCH3 is 2. The maximum absolute atomic E-state index is 12.5. The van der Waals surface area contributed by atoms with Gasteiger partial charge in [0, 0.05) is 45.3 Å². The first-order valence-corrected chi connectivity index (χ1v) is 9.32. The van der Waals surface area contributed by atoms with Crippen LogP contribution in [-0.2, 0) is 14.2 Å². The van der Waals surface area contributed by atoms with E-state index in [4.69, 9.17) is 14.2 Å². The van der Waals surface area contributed by atoms with Crippen LogP contribution in [0.5, 0.6) is 0 Å². The van der Waals surface area contributed by atoms with Crippen LogP contribution < -0.4 is 5.32 Å². The van der Waals surface area contributed by atoms with Crippen molar-refractivity contribution < 1.29 is 19.0 Å². The minimum absolute atomic E-state index is 0.0925. The van der Waals surface area contributed by atoms with Gasteiger partial charge in [-0.3, -0.25) is 0 Å². The SMILES string of the molecule is COCC(NCC1(COC)CCCN(C(=O)OC(C)(C)C)C1)C(C)C. The van der Waals surface area contributed by atoms with Crippen LogP contribution in [-0.4, -0.2) is 69.7 Å². The molecule has 1 fully saturated rings. The maximum atomic E-state index is 12.5. The molecule has 1 amide bonds. The molecule has 2 atom stereocenters. The number of likely N-dealkylation sites (tertiary alicyclic amines) is 1. The summed E-state index contributed by atoms with van der Waals surface area (Å²) in [7, 11) is 3.45. The lowest BCUT2D eigenvalue weighted by atomic mass is 9.80. The van der Waals surface area contributed by atoms with Crippen molar-refractivity contribution in [3.8, 4) is 0 Å². The Balaban J connectivity index is 2.76. The van der Waals surface area contributed by atoms with E-state index in [-0.39, 0.29) is 17.6 Å². The van der Waals surface area contributed by atoms with Crippen LogP contribution in [0, 0.1) is 11.3 Å². The summed E-state index contributed by atoms with van der Waals surface area (Å²) >= 11 is 0. The van der Waals surface area contributed by atoms with Gasteiger partial charge >= 0.3 is 6.09 Å². The summed E-state index contributed by atoms with van der Waals surface area (Å²) in [6.45, 7) is 13.6. The molecule has 1 rings (SSSR count). The van der Waals surface area contributed by atoms with Gasteiger partial charge in [-0.2, -0.15) is 0 Å². The lowest BCUT2D eigenvalue weighted by Gasteiger charge is -2.43. The fraction of sp³-hybridized carbons (Fsp3) is 0.947. The molecule has 1 aliphatic rings. The van der Waals surface area contributed by atoms with Crippen molar-refractivity contribution >= 4 is 6.09 Å². The predicted molar refractivity (Wildman–Crippen MR) is 99.9 cm³/mol. The van der Waals surface area contributed by atoms with Gasteiger partial charge in [0.25, 0.3) is 0 Å². The molecule has 1 N–H and O–H groups in total. The molecule has 0 saturated carbocycles. The Bertz CT molecular complexity index is 405. The van der Waals surface area contributed by atoms with Gasteiger partial charge in [-0.05, 0) is 39.5 Å². The van der Waals surface area contributed by atoms with E-state index < -0.39 is 5.60 Å². The number of rotatable bonds is 8. The molecular formula is C19H38N2O4. The van der Waals surface area contributed by atoms with Gasteiger partial charge in [-0.1, -0.05) is 13.8 Å². The van der Waals surface area contributed by atoms with Gasteiger partial charge in [0.15, 0.2) is 0 Å². The molecule has 25 heavy (non-hydrogen) atoms. The molecule has 0 spiro atoms. The van der Waals surface area contributed by atoms with E-state index in [0.717, 1.165) is 25.9 Å². The van der Waals surface area contributed by atoms with Crippen LogP contribution in [0.3, 0.4) is 0 Å². The quantitative estimate of drug-likeness (QED) is 0.723. The van der Waals surface area contributed by atoms with E-state index >= 15 is 0 Å². The molecular weight excluding hydrogens is 320 g/mol. The highest BCUT2D eigenvalue weighted by Gasteiger charge is 2.39. The average Bonchev–Trinajstić information content (AvgIpc) is 2.50. The standard InChI is InChI=1S/C19H38N2O4/c1-15(2)16(11-23-6)20-12-19(14-24-7)9-8-10-21(13-19)17(22)25-18(3,4)5/h15-16,20H,8-14H2,1-7H3.